The minimum Gasteiger partial charge on any atom is -0.469 e. The molecule has 49 heavy (non-hydrogen) atoms. The molecule has 8 nitrogen and oxygen atoms in total. The molecule has 0 aromatic carbocycles. The number of hydrogen-bond donors (Lipinski definition) is 2. The van der Waals surface area contributed by atoms with E-state index in [1.54, 1.807) is 6.92 Å². The number of fused-ring (bicyclic) bond motifs is 5. The number of Topliss-reactive ketones (excluding diaryl/α,β-unsaturated/α-hetero) is 3. The van der Waals surface area contributed by atoms with Gasteiger partial charge in [0.15, 0.2) is 0 Å². The number of carbonyl (C=O) groups excluding carboxylic acids is 4. The molecule has 0 amide bonds. The van der Waals surface area contributed by atoms with Crippen LogP contribution in [0.15, 0.2) is 34.4 Å². The van der Waals surface area contributed by atoms with Crippen molar-refractivity contribution >= 4 is 23.3 Å². The van der Waals surface area contributed by atoms with Crippen LogP contribution in [0.5, 0.6) is 0 Å². The first kappa shape index (κ1) is 39.4. The van der Waals surface area contributed by atoms with Crippen LogP contribution in [0, 0.1) is 40.9 Å². The second-order valence-electron chi connectivity index (χ2n) is 16.7. The monoisotopic (exact) mass is 682 g/mol. The van der Waals surface area contributed by atoms with E-state index in [1.165, 1.54) is 7.11 Å². The predicted octanol–water partition coefficient (Wildman–Crippen LogP) is 7.05. The minimum absolute atomic E-state index is 0.0304. The lowest BCUT2D eigenvalue weighted by molar-refractivity contribution is -0.167. The molecule has 10 atom stereocenters. The number of allylic oxidation sites excluding steroid dienone is 3. The van der Waals surface area contributed by atoms with Gasteiger partial charge in [0.25, 0.3) is 0 Å². The van der Waals surface area contributed by atoms with Crippen molar-refractivity contribution in [2.75, 3.05) is 7.11 Å². The Hall–Kier alpha value is -2.42. The molecule has 0 aromatic heterocycles. The fourth-order valence-corrected chi connectivity index (χ4v) is 9.18. The maximum Gasteiger partial charge on any atom is 0.313 e. The van der Waals surface area contributed by atoms with Gasteiger partial charge in [-0.2, -0.15) is 0 Å². The maximum absolute atomic E-state index is 14.7. The molecule has 0 spiro atoms. The lowest BCUT2D eigenvalue weighted by atomic mass is 9.52. The topological polar surface area (TPSA) is 127 Å². The fraction of sp³-hybridized carbons (Fsp3) is 0.756. The second-order valence-corrected chi connectivity index (χ2v) is 16.7. The number of esters is 1. The number of aliphatic hydroxyl groups excluding tert-OH is 1. The highest BCUT2D eigenvalue weighted by atomic mass is 16.5. The summed E-state index contributed by atoms with van der Waals surface area (Å²) in [5.74, 6) is -3.55. The molecular formula is C41H62O8. The first-order chi connectivity index (χ1) is 22.9. The SMILES string of the molecule is COC(=O)[C@]12CC(=O)[C@H](C(C)C)CC(=O)[C@H](C)CCC[C@H](C)CC(=O)[C@H]1CC(C)=C1[C@H](O)C[C@@](C)(O)[C@H]3CC=C(C)[C@H](CCC(C)=C[C@@H]12)O3. The van der Waals surface area contributed by atoms with Gasteiger partial charge in [0.1, 0.15) is 17.3 Å². The Morgan fingerprint density at radius 1 is 1.00 bits per heavy atom. The molecule has 2 aliphatic heterocycles. The van der Waals surface area contributed by atoms with E-state index in [0.717, 1.165) is 29.6 Å². The molecule has 274 valence electrons. The van der Waals surface area contributed by atoms with Gasteiger partial charge < -0.3 is 19.7 Å². The summed E-state index contributed by atoms with van der Waals surface area (Å²) in [6.07, 6.45) is 6.46. The molecule has 2 heterocycles. The molecule has 4 rings (SSSR count). The van der Waals surface area contributed by atoms with E-state index in [2.05, 4.69) is 6.08 Å². The van der Waals surface area contributed by atoms with Crippen LogP contribution in [0.25, 0.3) is 0 Å². The molecule has 2 bridgehead atoms. The van der Waals surface area contributed by atoms with Crippen molar-refractivity contribution < 1.29 is 38.9 Å². The van der Waals surface area contributed by atoms with Crippen LogP contribution in [-0.4, -0.2) is 64.6 Å². The molecule has 0 unspecified atom stereocenters. The zero-order chi connectivity index (χ0) is 36.4. The number of hydrogen-bond acceptors (Lipinski definition) is 8. The van der Waals surface area contributed by atoms with Crippen molar-refractivity contribution in [2.45, 2.75) is 150 Å². The highest BCUT2D eigenvalue weighted by Gasteiger charge is 2.60. The molecular weight excluding hydrogens is 620 g/mol. The van der Waals surface area contributed by atoms with Crippen molar-refractivity contribution in [3.63, 3.8) is 0 Å². The van der Waals surface area contributed by atoms with Crippen LogP contribution in [0.2, 0.25) is 0 Å². The number of ether oxygens (including phenoxy) is 2. The van der Waals surface area contributed by atoms with Gasteiger partial charge >= 0.3 is 5.97 Å². The predicted molar refractivity (Wildman–Crippen MR) is 189 cm³/mol. The molecule has 0 radical (unpaired) electrons. The van der Waals surface area contributed by atoms with Gasteiger partial charge in [-0.05, 0) is 82.8 Å². The van der Waals surface area contributed by atoms with Crippen molar-refractivity contribution in [1.82, 2.24) is 0 Å². The van der Waals surface area contributed by atoms with Gasteiger partial charge in [0.05, 0.1) is 36.4 Å². The van der Waals surface area contributed by atoms with Crippen LogP contribution in [0.1, 0.15) is 126 Å². The summed E-state index contributed by atoms with van der Waals surface area (Å²) >= 11 is 0. The Balaban J connectivity index is 1.98. The Morgan fingerprint density at radius 3 is 2.35 bits per heavy atom. The lowest BCUT2D eigenvalue weighted by Gasteiger charge is -2.50. The molecule has 0 aromatic rings. The second kappa shape index (κ2) is 15.9. The zero-order valence-electron chi connectivity index (χ0n) is 31.5. The van der Waals surface area contributed by atoms with Gasteiger partial charge in [0.2, 0.25) is 0 Å². The Kier molecular flexibility index (Phi) is 12.7. The summed E-state index contributed by atoms with van der Waals surface area (Å²) in [6, 6.07) is 0. The van der Waals surface area contributed by atoms with Crippen molar-refractivity contribution in [3.05, 3.63) is 34.4 Å². The van der Waals surface area contributed by atoms with E-state index in [-0.39, 0.29) is 73.3 Å². The minimum atomic E-state index is -1.64. The first-order valence-corrected chi connectivity index (χ1v) is 18.7. The number of ketones is 3. The average molecular weight is 683 g/mol. The molecule has 1 fully saturated rings. The smallest absolute Gasteiger partial charge is 0.313 e. The molecule has 0 saturated heterocycles. The van der Waals surface area contributed by atoms with Crippen molar-refractivity contribution in [1.29, 1.82) is 0 Å². The fourth-order valence-electron chi connectivity index (χ4n) is 9.18. The standard InChI is InChI=1S/C41H62O8/c1-23(2)29-20-32(42)26(5)12-10-11-24(3)18-33(43)30-19-28(7)38-31(41(30,22-34(29)44)39(46)48-9)17-25(4)13-15-36-27(6)14-16-37(49-36)40(8,47)21-35(38)45/h14,17,23-24,26,29-31,35-37,45,47H,10-13,15-16,18-22H2,1-9H3/t24-,26+,29-,30+,31-,35+,36-,37+,40+,41+/m0/s1. The lowest BCUT2D eigenvalue weighted by Crippen LogP contribution is -2.55. The van der Waals surface area contributed by atoms with E-state index < -0.39 is 46.9 Å². The molecule has 2 N–H and O–H groups in total. The third-order valence-electron chi connectivity index (χ3n) is 12.4. The Bertz CT molecular complexity index is 1370. The van der Waals surface area contributed by atoms with E-state index in [0.29, 0.717) is 31.3 Å². The van der Waals surface area contributed by atoms with Gasteiger partial charge in [-0.1, -0.05) is 63.8 Å². The molecule has 1 saturated carbocycles. The van der Waals surface area contributed by atoms with Gasteiger partial charge in [-0.25, -0.2) is 0 Å². The number of rotatable bonds is 2. The van der Waals surface area contributed by atoms with Crippen LogP contribution in [-0.2, 0) is 28.7 Å². The highest BCUT2D eigenvalue weighted by molar-refractivity contribution is 5.97. The number of carbonyl (C=O) groups is 4. The third-order valence-corrected chi connectivity index (χ3v) is 12.4. The average Bonchev–Trinajstić information content (AvgIpc) is 3.02. The van der Waals surface area contributed by atoms with E-state index in [1.807, 2.05) is 54.5 Å². The van der Waals surface area contributed by atoms with Crippen LogP contribution >= 0.6 is 0 Å². The van der Waals surface area contributed by atoms with E-state index in [9.17, 15) is 29.4 Å². The summed E-state index contributed by atoms with van der Waals surface area (Å²) in [6.45, 7) is 15.4. The van der Waals surface area contributed by atoms with Crippen molar-refractivity contribution in [2.24, 2.45) is 40.9 Å². The largest absolute Gasteiger partial charge is 0.469 e. The summed E-state index contributed by atoms with van der Waals surface area (Å²) in [5.41, 5.74) is 0.359. The first-order valence-electron chi connectivity index (χ1n) is 18.7. The normalized spacial score (nSPS) is 39.1. The zero-order valence-corrected chi connectivity index (χ0v) is 31.5. The number of methoxy groups -OCH3 is 1. The number of aliphatic hydroxyl groups is 2. The van der Waals surface area contributed by atoms with Crippen molar-refractivity contribution in [3.8, 4) is 0 Å². The summed E-state index contributed by atoms with van der Waals surface area (Å²) in [4.78, 5) is 57.3. The van der Waals surface area contributed by atoms with Gasteiger partial charge in [-0.3, -0.25) is 19.2 Å². The van der Waals surface area contributed by atoms with Crippen LogP contribution < -0.4 is 0 Å². The Labute approximate surface area is 294 Å². The summed E-state index contributed by atoms with van der Waals surface area (Å²) < 4.78 is 12.0. The highest BCUT2D eigenvalue weighted by Crippen LogP contribution is 2.55. The summed E-state index contributed by atoms with van der Waals surface area (Å²) in [7, 11) is 1.30. The molecule has 8 heteroatoms. The molecule has 4 aliphatic rings. The van der Waals surface area contributed by atoms with Crippen LogP contribution in [0.4, 0.5) is 0 Å². The van der Waals surface area contributed by atoms with E-state index >= 15 is 0 Å². The van der Waals surface area contributed by atoms with E-state index in [4.69, 9.17) is 9.47 Å². The van der Waals surface area contributed by atoms with Crippen LogP contribution in [0.3, 0.4) is 0 Å². The third kappa shape index (κ3) is 8.39. The maximum atomic E-state index is 14.7. The molecule has 2 aliphatic carbocycles. The summed E-state index contributed by atoms with van der Waals surface area (Å²) in [5, 5.41) is 24.0. The van der Waals surface area contributed by atoms with Gasteiger partial charge in [0, 0.05) is 49.4 Å². The Morgan fingerprint density at radius 2 is 1.69 bits per heavy atom. The quantitative estimate of drug-likeness (QED) is 0.234. The van der Waals surface area contributed by atoms with Gasteiger partial charge in [-0.15, -0.1) is 0 Å².